The fraction of sp³-hybridized carbons (Fsp3) is 0.227. The number of benzene rings is 1. The maximum absolute atomic E-state index is 12.5. The van der Waals surface area contributed by atoms with E-state index in [4.69, 9.17) is 10.8 Å². The molecule has 28 heavy (non-hydrogen) atoms. The summed E-state index contributed by atoms with van der Waals surface area (Å²) in [4.78, 5) is 18.4. The van der Waals surface area contributed by atoms with E-state index in [0.29, 0.717) is 19.6 Å². The van der Waals surface area contributed by atoms with E-state index in [0.717, 1.165) is 23.2 Å². The second kappa shape index (κ2) is 8.19. The number of likely N-dealkylation sites (tertiary alicyclic amines) is 1. The van der Waals surface area contributed by atoms with Gasteiger partial charge in [-0.15, -0.1) is 0 Å². The maximum Gasteiger partial charge on any atom is 0.246 e. The predicted octanol–water partition coefficient (Wildman–Crippen LogP) is 2.57. The molecule has 2 aromatic heterocycles. The average molecular weight is 373 g/mol. The van der Waals surface area contributed by atoms with E-state index >= 15 is 0 Å². The lowest BCUT2D eigenvalue weighted by Gasteiger charge is -2.12. The van der Waals surface area contributed by atoms with Gasteiger partial charge in [0, 0.05) is 54.9 Å². The van der Waals surface area contributed by atoms with Crippen LogP contribution in [-0.2, 0) is 11.3 Å². The zero-order valence-corrected chi connectivity index (χ0v) is 15.6. The van der Waals surface area contributed by atoms with Gasteiger partial charge in [-0.25, -0.2) is 0 Å². The maximum atomic E-state index is 12.5. The van der Waals surface area contributed by atoms with Crippen LogP contribution < -0.4 is 5.73 Å². The first-order chi connectivity index (χ1) is 13.7. The van der Waals surface area contributed by atoms with Crippen LogP contribution in [0.4, 0.5) is 0 Å². The highest BCUT2D eigenvalue weighted by Gasteiger charge is 2.22. The summed E-state index contributed by atoms with van der Waals surface area (Å²) in [6, 6.07) is 14.1. The molecule has 0 bridgehead atoms. The highest BCUT2D eigenvalue weighted by molar-refractivity contribution is 5.93. The first-order valence-electron chi connectivity index (χ1n) is 9.43. The highest BCUT2D eigenvalue weighted by atomic mass is 16.2. The number of pyridine rings is 1. The largest absolute Gasteiger partial charge is 0.338 e. The summed E-state index contributed by atoms with van der Waals surface area (Å²) in [5.41, 5.74) is 9.70. The Morgan fingerprint density at radius 3 is 2.79 bits per heavy atom. The fourth-order valence-corrected chi connectivity index (χ4v) is 3.39. The van der Waals surface area contributed by atoms with Gasteiger partial charge in [0.2, 0.25) is 5.91 Å². The van der Waals surface area contributed by atoms with Crippen LogP contribution >= 0.6 is 0 Å². The van der Waals surface area contributed by atoms with Crippen LogP contribution in [0.25, 0.3) is 17.3 Å². The predicted molar refractivity (Wildman–Crippen MR) is 109 cm³/mol. The molecule has 3 aromatic rings. The van der Waals surface area contributed by atoms with Gasteiger partial charge >= 0.3 is 0 Å². The molecule has 1 amide bonds. The van der Waals surface area contributed by atoms with Gasteiger partial charge in [-0.2, -0.15) is 5.10 Å². The van der Waals surface area contributed by atoms with Gasteiger partial charge in [0.25, 0.3) is 0 Å². The zero-order valence-electron chi connectivity index (χ0n) is 15.6. The standard InChI is InChI=1S/C22H23N5O/c23-20-10-12-26(16-20)21(28)9-8-19-15-27(14-17-5-2-1-3-6-17)25-22(19)18-7-4-11-24-13-18/h1-9,11,13,15,20H,10,12,14,16,23H2. The number of nitrogens with zero attached hydrogens (tertiary/aromatic N) is 4. The minimum atomic E-state index is -0.0131. The van der Waals surface area contributed by atoms with Crippen molar-refractivity contribution < 1.29 is 4.79 Å². The Kier molecular flexibility index (Phi) is 5.30. The number of hydrogen-bond donors (Lipinski definition) is 1. The van der Waals surface area contributed by atoms with E-state index in [-0.39, 0.29) is 11.9 Å². The van der Waals surface area contributed by atoms with Gasteiger partial charge in [0.15, 0.2) is 0 Å². The molecule has 1 aliphatic heterocycles. The van der Waals surface area contributed by atoms with Gasteiger partial charge < -0.3 is 10.6 Å². The SMILES string of the molecule is NC1CCN(C(=O)C=Cc2cn(Cc3ccccc3)nc2-c2cccnc2)C1. The van der Waals surface area contributed by atoms with Crippen molar-refractivity contribution in [3.05, 3.63) is 78.3 Å². The summed E-state index contributed by atoms with van der Waals surface area (Å²) in [5.74, 6) is -0.0131. The molecular formula is C22H23N5O. The number of carbonyl (C=O) groups excluding carboxylic acids is 1. The molecule has 3 heterocycles. The molecular weight excluding hydrogens is 350 g/mol. The Hall–Kier alpha value is -3.25. The van der Waals surface area contributed by atoms with Crippen molar-refractivity contribution in [2.45, 2.75) is 19.0 Å². The molecule has 1 aromatic carbocycles. The molecule has 6 heteroatoms. The number of rotatable bonds is 5. The van der Waals surface area contributed by atoms with E-state index in [1.807, 2.05) is 47.3 Å². The normalized spacial score (nSPS) is 16.8. The Bertz CT molecular complexity index is 965. The number of amides is 1. The topological polar surface area (TPSA) is 77.0 Å². The van der Waals surface area contributed by atoms with E-state index < -0.39 is 0 Å². The minimum Gasteiger partial charge on any atom is -0.338 e. The molecule has 6 nitrogen and oxygen atoms in total. The van der Waals surface area contributed by atoms with Gasteiger partial charge in [-0.3, -0.25) is 14.5 Å². The number of nitrogens with two attached hydrogens (primary N) is 1. The van der Waals surface area contributed by atoms with Gasteiger partial charge in [0.05, 0.1) is 6.54 Å². The third-order valence-corrected chi connectivity index (χ3v) is 4.85. The second-order valence-corrected chi connectivity index (χ2v) is 7.02. The van der Waals surface area contributed by atoms with Crippen LogP contribution in [0.5, 0.6) is 0 Å². The Morgan fingerprint density at radius 2 is 2.07 bits per heavy atom. The van der Waals surface area contributed by atoms with Crippen molar-refractivity contribution in [2.24, 2.45) is 5.73 Å². The zero-order chi connectivity index (χ0) is 19.3. The minimum absolute atomic E-state index is 0.0131. The van der Waals surface area contributed by atoms with Gasteiger partial charge in [-0.05, 0) is 30.2 Å². The molecule has 2 N–H and O–H groups in total. The monoisotopic (exact) mass is 373 g/mol. The van der Waals surface area contributed by atoms with E-state index in [9.17, 15) is 4.79 Å². The van der Waals surface area contributed by atoms with Gasteiger partial charge in [0.1, 0.15) is 5.69 Å². The first-order valence-corrected chi connectivity index (χ1v) is 9.43. The Labute approximate surface area is 164 Å². The Balaban J connectivity index is 1.61. The van der Waals surface area contributed by atoms with Crippen LogP contribution in [0, 0.1) is 0 Å². The van der Waals surface area contributed by atoms with Crippen LogP contribution in [0.1, 0.15) is 17.5 Å². The van der Waals surface area contributed by atoms with E-state index in [2.05, 4.69) is 17.1 Å². The van der Waals surface area contributed by atoms with E-state index in [1.54, 1.807) is 23.4 Å². The molecule has 0 spiro atoms. The van der Waals surface area contributed by atoms with E-state index in [1.165, 1.54) is 5.56 Å². The summed E-state index contributed by atoms with van der Waals surface area (Å²) in [5, 5.41) is 4.74. The number of aromatic nitrogens is 3. The van der Waals surface area contributed by atoms with Crippen LogP contribution in [0.3, 0.4) is 0 Å². The molecule has 1 unspecified atom stereocenters. The first kappa shape index (κ1) is 18.1. The van der Waals surface area contributed by atoms with Crippen LogP contribution in [0.2, 0.25) is 0 Å². The lowest BCUT2D eigenvalue weighted by atomic mass is 10.1. The molecule has 4 rings (SSSR count). The average Bonchev–Trinajstić information content (AvgIpc) is 3.34. The molecule has 142 valence electrons. The van der Waals surface area contributed by atoms with Crippen molar-refractivity contribution in [1.82, 2.24) is 19.7 Å². The van der Waals surface area contributed by atoms with Crippen molar-refractivity contribution >= 4 is 12.0 Å². The van der Waals surface area contributed by atoms with Crippen LogP contribution in [0.15, 0.2) is 67.1 Å². The van der Waals surface area contributed by atoms with Crippen molar-refractivity contribution in [2.75, 3.05) is 13.1 Å². The highest BCUT2D eigenvalue weighted by Crippen LogP contribution is 2.23. The molecule has 1 saturated heterocycles. The van der Waals surface area contributed by atoms with Crippen LogP contribution in [-0.4, -0.2) is 44.7 Å². The number of carbonyl (C=O) groups is 1. The molecule has 0 radical (unpaired) electrons. The summed E-state index contributed by atoms with van der Waals surface area (Å²) in [6.07, 6.45) is 9.79. The summed E-state index contributed by atoms with van der Waals surface area (Å²) < 4.78 is 1.90. The third kappa shape index (κ3) is 4.18. The van der Waals surface area contributed by atoms with Crippen molar-refractivity contribution in [3.63, 3.8) is 0 Å². The molecule has 0 aliphatic carbocycles. The molecule has 1 fully saturated rings. The summed E-state index contributed by atoms with van der Waals surface area (Å²) >= 11 is 0. The summed E-state index contributed by atoms with van der Waals surface area (Å²) in [7, 11) is 0. The smallest absolute Gasteiger partial charge is 0.246 e. The summed E-state index contributed by atoms with van der Waals surface area (Å²) in [6.45, 7) is 2.00. The van der Waals surface area contributed by atoms with Crippen molar-refractivity contribution in [1.29, 1.82) is 0 Å². The Morgan fingerprint density at radius 1 is 1.21 bits per heavy atom. The quantitative estimate of drug-likeness (QED) is 0.698. The van der Waals surface area contributed by atoms with Gasteiger partial charge in [-0.1, -0.05) is 30.3 Å². The molecule has 1 aliphatic rings. The molecule has 1 atom stereocenters. The van der Waals surface area contributed by atoms with Crippen molar-refractivity contribution in [3.8, 4) is 11.3 Å². The lowest BCUT2D eigenvalue weighted by molar-refractivity contribution is -0.124. The lowest BCUT2D eigenvalue weighted by Crippen LogP contribution is -2.30. The second-order valence-electron chi connectivity index (χ2n) is 7.02. The molecule has 0 saturated carbocycles. The number of hydrogen-bond acceptors (Lipinski definition) is 4. The fourth-order valence-electron chi connectivity index (χ4n) is 3.39. The third-order valence-electron chi connectivity index (χ3n) is 4.85.